The van der Waals surface area contributed by atoms with E-state index in [9.17, 15) is 38.4 Å². The van der Waals surface area contributed by atoms with Gasteiger partial charge in [0.1, 0.15) is 0 Å². The van der Waals surface area contributed by atoms with Crippen LogP contribution < -0.4 is 31.9 Å². The summed E-state index contributed by atoms with van der Waals surface area (Å²) >= 11 is 0. The van der Waals surface area contributed by atoms with Gasteiger partial charge in [-0.3, -0.25) is 38.4 Å². The summed E-state index contributed by atoms with van der Waals surface area (Å²) < 4.78 is 0. The molecular weight excluding hydrogens is 1520 g/mol. The molecule has 0 saturated heterocycles. The van der Waals surface area contributed by atoms with Crippen LogP contribution in [0.4, 0.5) is 0 Å². The summed E-state index contributed by atoms with van der Waals surface area (Å²) in [5.74, 6) is -2.27. The molecule has 4 aliphatic rings. The van der Waals surface area contributed by atoms with Crippen LogP contribution in [0.15, 0.2) is 235 Å². The smallest absolute Gasteiger partial charge is 0.244 e. The zero-order valence-electron chi connectivity index (χ0n) is 80.0. The maximum atomic E-state index is 13.8. The van der Waals surface area contributed by atoms with E-state index < -0.39 is 11.8 Å². The third-order valence-electron chi connectivity index (χ3n) is 24.5. The monoisotopic (exact) mass is 1680 g/mol. The van der Waals surface area contributed by atoms with E-state index in [1.54, 1.807) is 24.3 Å². The van der Waals surface area contributed by atoms with Gasteiger partial charge in [-0.05, 0) is 309 Å². The quantitative estimate of drug-likeness (QED) is 0.0196. The lowest BCUT2D eigenvalue weighted by atomic mass is 9.72. The summed E-state index contributed by atoms with van der Waals surface area (Å²) in [5.41, 5.74) is 19.9. The number of hydrogen-bond acceptors (Lipinski definition) is 8. The first kappa shape index (κ1) is 106. The molecule has 0 aromatic rings. The molecule has 4 rings (SSSR count). The largest absolute Gasteiger partial charge is 0.356 e. The molecule has 6 N–H and O–H groups in total. The highest BCUT2D eigenvalue weighted by molar-refractivity contribution is 5.95. The van der Waals surface area contributed by atoms with Crippen molar-refractivity contribution >= 4 is 47.0 Å². The highest BCUT2D eigenvalue weighted by Crippen LogP contribution is 2.44. The van der Waals surface area contributed by atoms with Gasteiger partial charge in [-0.2, -0.15) is 0 Å². The van der Waals surface area contributed by atoms with Gasteiger partial charge in [0.05, 0.1) is 0 Å². The normalized spacial score (nSPS) is 18.6. The molecule has 14 heteroatoms. The van der Waals surface area contributed by atoms with Gasteiger partial charge in [-0.25, -0.2) is 0 Å². The number of hydrogen-bond donors (Lipinski definition) is 6. The third kappa shape index (κ3) is 44.4. The molecule has 0 spiro atoms. The topological polar surface area (TPSA) is 209 Å². The second-order valence-corrected chi connectivity index (χ2v) is 38.3. The zero-order chi connectivity index (χ0) is 91.0. The van der Waals surface area contributed by atoms with Crippen molar-refractivity contribution in [2.75, 3.05) is 39.3 Å². The molecule has 0 aromatic heterocycles. The van der Waals surface area contributed by atoms with E-state index in [2.05, 4.69) is 203 Å². The van der Waals surface area contributed by atoms with Crippen LogP contribution in [0.1, 0.15) is 325 Å². The van der Waals surface area contributed by atoms with Gasteiger partial charge in [-0.1, -0.05) is 234 Å². The van der Waals surface area contributed by atoms with Gasteiger partial charge < -0.3 is 31.9 Å². The molecule has 4 aliphatic carbocycles. The highest BCUT2D eigenvalue weighted by Gasteiger charge is 2.31. The molecule has 0 aliphatic heterocycles. The average Bonchev–Trinajstić information content (AvgIpc) is 0.836. The Morgan fingerprint density at radius 1 is 0.301 bits per heavy atom. The lowest BCUT2D eigenvalue weighted by molar-refractivity contribution is -0.128. The van der Waals surface area contributed by atoms with Crippen molar-refractivity contribution in [3.05, 3.63) is 235 Å². The molecule has 14 nitrogen and oxygen atoms in total. The van der Waals surface area contributed by atoms with E-state index in [4.69, 9.17) is 0 Å². The zero-order valence-corrected chi connectivity index (χ0v) is 80.0. The summed E-state index contributed by atoms with van der Waals surface area (Å²) in [7, 11) is 0. The van der Waals surface area contributed by atoms with Crippen LogP contribution in [0.3, 0.4) is 0 Å². The summed E-state index contributed by atoms with van der Waals surface area (Å²) in [6.07, 6.45) is 71.0. The van der Waals surface area contributed by atoms with Crippen molar-refractivity contribution in [2.45, 2.75) is 325 Å². The summed E-state index contributed by atoms with van der Waals surface area (Å²) in [6, 6.07) is 0. The average molecular weight is 1680 g/mol. The molecule has 0 fully saturated rings. The van der Waals surface area contributed by atoms with Crippen LogP contribution in [0.5, 0.6) is 0 Å². The van der Waals surface area contributed by atoms with Gasteiger partial charge in [0.25, 0.3) is 0 Å². The molecule has 0 saturated carbocycles. The molecule has 6 amide bonds. The first-order chi connectivity index (χ1) is 58.3. The molecule has 123 heavy (non-hydrogen) atoms. The molecule has 676 valence electrons. The van der Waals surface area contributed by atoms with Crippen molar-refractivity contribution in [3.8, 4) is 0 Å². The number of ketones is 2. The Kier molecular flexibility index (Phi) is 49.0. The Morgan fingerprint density at radius 2 is 0.553 bits per heavy atom. The fraction of sp³-hybridized carbons (Fsp3) is 0.560. The Bertz CT molecular complexity index is 3960. The maximum absolute atomic E-state index is 13.8. The number of carbonyl (C=O) groups excluding carboxylic acids is 8. The third-order valence-corrected chi connectivity index (χ3v) is 24.5. The van der Waals surface area contributed by atoms with Crippen molar-refractivity contribution in [1.29, 1.82) is 0 Å². The first-order valence-electron chi connectivity index (χ1n) is 46.6. The first-order valence-corrected chi connectivity index (χ1v) is 46.6. The van der Waals surface area contributed by atoms with Crippen molar-refractivity contribution in [3.63, 3.8) is 0 Å². The van der Waals surface area contributed by atoms with Crippen LogP contribution in [0.2, 0.25) is 0 Å². The van der Waals surface area contributed by atoms with E-state index in [1.165, 1.54) is 96.0 Å². The SMILES string of the molecule is CC1=C(/C=C/C(C)=C/C=C/C(C)=C/C(=O)CC(CCCCNC(=O)/C=C(C)/C=C/C=C(C)/C=C/C2=C(C)CCCC2(C)C)C(=O)NCCCCCNC(=O)CCCC(=O)NCCCCCNC(=O)C(CCCCNC(=O)/C=C(C)/C=C/C=C(C)/C=C/C2=C(C)CCCC2(C)C)CC(=O)/C=C(C)/C=C/C=C(C)/C=C/C2=C(C)CCCC2(C)C)C(C)(C)CCC1. The Morgan fingerprint density at radius 3 is 0.829 bits per heavy atom. The number of allylic oxidation sites excluding steroid dienone is 38. The predicted molar refractivity (Wildman–Crippen MR) is 518 cm³/mol. The van der Waals surface area contributed by atoms with Gasteiger partial charge in [0.15, 0.2) is 11.6 Å². The standard InChI is InChI=1S/C109H162N6O8/c1-80(56-60-96-88(9)48-36-64-106(96,13)14)40-31-44-84(5)74-94(116)78-92(52-23-29-70-112-102(120)76-86(7)46-33-42-82(3)58-62-98-90(11)50-38-66-108(98,17)18)104(122)114-72-27-21-25-68-110-100(118)54-35-55-101(119)111-69-26-22-28-73-115-105(123)93(79-95(117)75-85(6)45-32-41-81(2)57-61-97-89(10)49-37-65-107(97,15)16)53-24-30-71-113-103(121)77-87(8)47-34-43-83(4)59-63-99-91(12)51-39-67-109(99,19)20/h31-34,40-47,56-63,74-77,92-93H,21-30,35-39,48-55,64-73,78-79H2,1-20H3,(H,110,118)(H,111,119)(H,112,120)(H,113,121)(H,114,122)(H,115,123)/b44-31+,45-32+,46-33+,47-34+,60-56+,61-57+,62-58+,63-59+,80-40+,81-41+,82-42+,83-43+,84-74+,85-75+,86-76+,87-77+. The summed E-state index contributed by atoms with van der Waals surface area (Å²) in [6.45, 7) is 46.1. The number of carbonyl (C=O) groups is 8. The molecule has 0 aromatic carbocycles. The highest BCUT2D eigenvalue weighted by atomic mass is 16.2. The Balaban J connectivity index is 1.20. The minimum absolute atomic E-state index is 0.0666. The minimum Gasteiger partial charge on any atom is -0.356 e. The molecule has 2 unspecified atom stereocenters. The van der Waals surface area contributed by atoms with Crippen LogP contribution >= 0.6 is 0 Å². The van der Waals surface area contributed by atoms with Crippen molar-refractivity contribution < 1.29 is 38.4 Å². The van der Waals surface area contributed by atoms with Gasteiger partial charge in [-0.15, -0.1) is 0 Å². The molecule has 0 radical (unpaired) electrons. The molecular formula is C109H162N6O8. The van der Waals surface area contributed by atoms with E-state index in [1.807, 2.05) is 88.5 Å². The van der Waals surface area contributed by atoms with Crippen molar-refractivity contribution in [1.82, 2.24) is 31.9 Å². The minimum atomic E-state index is -0.542. The predicted octanol–water partition coefficient (Wildman–Crippen LogP) is 24.8. The molecule has 0 bridgehead atoms. The Labute approximate surface area is 745 Å². The van der Waals surface area contributed by atoms with Crippen LogP contribution in [0, 0.1) is 33.5 Å². The summed E-state index contributed by atoms with van der Waals surface area (Å²) in [5, 5.41) is 18.1. The van der Waals surface area contributed by atoms with Crippen LogP contribution in [-0.4, -0.2) is 86.3 Å². The number of amides is 6. The number of rotatable bonds is 52. The fourth-order valence-corrected chi connectivity index (χ4v) is 17.1. The van der Waals surface area contributed by atoms with Gasteiger partial charge >= 0.3 is 0 Å². The van der Waals surface area contributed by atoms with Gasteiger partial charge in [0, 0.05) is 88.9 Å². The number of unbranched alkanes of at least 4 members (excludes halogenated alkanes) is 6. The van der Waals surface area contributed by atoms with Crippen LogP contribution in [-0.2, 0) is 38.4 Å². The van der Waals surface area contributed by atoms with E-state index in [-0.39, 0.29) is 94.4 Å². The van der Waals surface area contributed by atoms with Gasteiger partial charge in [0.2, 0.25) is 35.4 Å². The lowest BCUT2D eigenvalue weighted by Gasteiger charge is -2.33. The number of nitrogens with one attached hydrogen (secondary N) is 6. The van der Waals surface area contributed by atoms with E-state index in [0.29, 0.717) is 110 Å². The fourth-order valence-electron chi connectivity index (χ4n) is 17.1. The second-order valence-electron chi connectivity index (χ2n) is 38.3. The van der Waals surface area contributed by atoms with E-state index >= 15 is 0 Å². The summed E-state index contributed by atoms with van der Waals surface area (Å²) in [4.78, 5) is 106. The van der Waals surface area contributed by atoms with Crippen molar-refractivity contribution in [2.24, 2.45) is 33.5 Å². The Hall–Kier alpha value is -9.04. The second kappa shape index (κ2) is 56.7. The molecule has 0 heterocycles. The van der Waals surface area contributed by atoms with E-state index in [0.717, 1.165) is 83.1 Å². The lowest BCUT2D eigenvalue weighted by Crippen LogP contribution is -2.33. The van der Waals surface area contributed by atoms with Crippen LogP contribution in [0.25, 0.3) is 0 Å². The maximum Gasteiger partial charge on any atom is 0.244 e. The molecule has 2 atom stereocenters.